The maximum atomic E-state index is 12.5. The van der Waals surface area contributed by atoms with Crippen molar-refractivity contribution in [3.63, 3.8) is 0 Å². The lowest BCUT2D eigenvalue weighted by molar-refractivity contribution is -0.934. The van der Waals surface area contributed by atoms with Gasteiger partial charge >= 0.3 is 0 Å². The van der Waals surface area contributed by atoms with Crippen LogP contribution in [0.1, 0.15) is 43.0 Å². The highest BCUT2D eigenvalue weighted by Crippen LogP contribution is 2.17. The molecule has 0 saturated carbocycles. The molecule has 1 aromatic rings. The van der Waals surface area contributed by atoms with Crippen LogP contribution in [0.2, 0.25) is 5.02 Å². The molecule has 0 bridgehead atoms. The summed E-state index contributed by atoms with van der Waals surface area (Å²) in [7, 11) is 0. The number of halogens is 1. The van der Waals surface area contributed by atoms with Crippen molar-refractivity contribution in [2.45, 2.75) is 38.6 Å². The Hall–Kier alpha value is -1.06. The molecule has 2 atom stereocenters. The topological polar surface area (TPSA) is 24.8 Å². The maximum absolute atomic E-state index is 12.5. The number of amides is 1. The number of nitrogens with zero attached hydrogens (tertiary/aromatic N) is 1. The second-order valence-electron chi connectivity index (χ2n) is 6.94. The highest BCUT2D eigenvalue weighted by molar-refractivity contribution is 6.30. The average molecular weight is 322 g/mol. The van der Waals surface area contributed by atoms with Gasteiger partial charge in [0.2, 0.25) is 0 Å². The molecule has 2 aliphatic heterocycles. The van der Waals surface area contributed by atoms with Crippen LogP contribution in [0.25, 0.3) is 0 Å². The fraction of sp³-hybridized carbons (Fsp3) is 0.611. The van der Waals surface area contributed by atoms with Crippen molar-refractivity contribution in [2.24, 2.45) is 5.92 Å². The summed E-state index contributed by atoms with van der Waals surface area (Å²) in [6.45, 7) is 6.77. The standard InChI is InChI=1S/C18H25ClN2O/c1-14-4-3-9-21(13-14)17-7-10-20(11-8-17)18(22)15-5-2-6-16(19)12-15/h2,5-6,12,14,17H,3-4,7-11,13H2,1H3/p+1/t14-/m1/s1. The molecular formula is C18H26ClN2O+. The number of hydrogen-bond donors (Lipinski definition) is 1. The van der Waals surface area contributed by atoms with Crippen molar-refractivity contribution in [3.8, 4) is 0 Å². The van der Waals surface area contributed by atoms with Crippen LogP contribution in [0.5, 0.6) is 0 Å². The summed E-state index contributed by atoms with van der Waals surface area (Å²) in [5.74, 6) is 0.984. The summed E-state index contributed by atoms with van der Waals surface area (Å²) in [4.78, 5) is 16.3. The Morgan fingerprint density at radius 2 is 2.05 bits per heavy atom. The van der Waals surface area contributed by atoms with Crippen LogP contribution < -0.4 is 4.90 Å². The number of quaternary nitrogens is 1. The molecule has 0 radical (unpaired) electrons. The van der Waals surface area contributed by atoms with Crippen LogP contribution in [0.3, 0.4) is 0 Å². The van der Waals surface area contributed by atoms with Crippen molar-refractivity contribution in [2.75, 3.05) is 26.2 Å². The predicted octanol–water partition coefficient (Wildman–Crippen LogP) is 2.26. The van der Waals surface area contributed by atoms with E-state index in [1.54, 1.807) is 11.0 Å². The van der Waals surface area contributed by atoms with E-state index in [0.717, 1.165) is 37.9 Å². The van der Waals surface area contributed by atoms with E-state index >= 15 is 0 Å². The van der Waals surface area contributed by atoms with Crippen molar-refractivity contribution in [3.05, 3.63) is 34.9 Å². The summed E-state index contributed by atoms with van der Waals surface area (Å²) < 4.78 is 0. The largest absolute Gasteiger partial charge is 0.338 e. The van der Waals surface area contributed by atoms with Gasteiger partial charge < -0.3 is 9.80 Å². The first kappa shape index (κ1) is 15.8. The van der Waals surface area contributed by atoms with Gasteiger partial charge in [0, 0.05) is 42.4 Å². The number of likely N-dealkylation sites (tertiary alicyclic amines) is 2. The molecule has 0 aliphatic carbocycles. The van der Waals surface area contributed by atoms with E-state index < -0.39 is 0 Å². The molecule has 2 fully saturated rings. The van der Waals surface area contributed by atoms with Gasteiger partial charge in [0.1, 0.15) is 0 Å². The van der Waals surface area contributed by atoms with E-state index in [2.05, 4.69) is 6.92 Å². The molecule has 22 heavy (non-hydrogen) atoms. The van der Waals surface area contributed by atoms with Crippen LogP contribution in [0.4, 0.5) is 0 Å². The number of carbonyl (C=O) groups excluding carboxylic acids is 1. The van der Waals surface area contributed by atoms with Crippen molar-refractivity contribution in [1.29, 1.82) is 0 Å². The van der Waals surface area contributed by atoms with E-state index in [-0.39, 0.29) is 5.91 Å². The fourth-order valence-corrected chi connectivity index (χ4v) is 4.19. The summed E-state index contributed by atoms with van der Waals surface area (Å²) in [6.07, 6.45) is 5.01. The van der Waals surface area contributed by atoms with Crippen LogP contribution in [0.15, 0.2) is 24.3 Å². The zero-order valence-electron chi connectivity index (χ0n) is 13.4. The lowest BCUT2D eigenvalue weighted by Gasteiger charge is -2.39. The Kier molecular flexibility index (Phi) is 5.04. The molecule has 2 saturated heterocycles. The number of carbonyl (C=O) groups is 1. The fourth-order valence-electron chi connectivity index (χ4n) is 3.99. The summed E-state index contributed by atoms with van der Waals surface area (Å²) in [5.41, 5.74) is 0.713. The first-order valence-electron chi connectivity index (χ1n) is 8.53. The summed E-state index contributed by atoms with van der Waals surface area (Å²) >= 11 is 5.99. The van der Waals surface area contributed by atoms with E-state index in [0.29, 0.717) is 10.6 Å². The minimum Gasteiger partial charge on any atom is -0.338 e. The van der Waals surface area contributed by atoms with Gasteiger partial charge in [-0.2, -0.15) is 0 Å². The molecule has 1 N–H and O–H groups in total. The van der Waals surface area contributed by atoms with E-state index in [1.165, 1.54) is 25.9 Å². The van der Waals surface area contributed by atoms with E-state index in [1.807, 2.05) is 23.1 Å². The maximum Gasteiger partial charge on any atom is 0.253 e. The zero-order chi connectivity index (χ0) is 15.5. The van der Waals surface area contributed by atoms with Gasteiger partial charge in [-0.25, -0.2) is 0 Å². The molecule has 2 aliphatic rings. The van der Waals surface area contributed by atoms with Gasteiger partial charge in [-0.05, 0) is 31.0 Å². The molecule has 120 valence electrons. The number of piperidine rings is 2. The predicted molar refractivity (Wildman–Crippen MR) is 89.5 cm³/mol. The van der Waals surface area contributed by atoms with Crippen molar-refractivity contribution in [1.82, 2.24) is 4.90 Å². The Morgan fingerprint density at radius 3 is 2.73 bits per heavy atom. The molecule has 1 amide bonds. The molecule has 0 spiro atoms. The molecule has 4 heteroatoms. The van der Waals surface area contributed by atoms with Crippen LogP contribution in [-0.2, 0) is 0 Å². The summed E-state index contributed by atoms with van der Waals surface area (Å²) in [6, 6.07) is 8.03. The minimum absolute atomic E-state index is 0.128. The smallest absolute Gasteiger partial charge is 0.253 e. The third-order valence-corrected chi connectivity index (χ3v) is 5.47. The molecule has 0 aromatic heterocycles. The SMILES string of the molecule is C[C@@H]1CCC[NH+](C2CCN(C(=O)c3cccc(Cl)c3)CC2)C1. The molecular weight excluding hydrogens is 296 g/mol. The second-order valence-corrected chi connectivity index (χ2v) is 7.37. The third kappa shape index (κ3) is 3.64. The number of benzene rings is 1. The summed E-state index contributed by atoms with van der Waals surface area (Å²) in [5, 5.41) is 0.632. The normalized spacial score (nSPS) is 26.9. The van der Waals surface area contributed by atoms with E-state index in [9.17, 15) is 4.79 Å². The third-order valence-electron chi connectivity index (χ3n) is 5.24. The molecule has 2 heterocycles. The number of hydrogen-bond acceptors (Lipinski definition) is 1. The van der Waals surface area contributed by atoms with Crippen LogP contribution in [0, 0.1) is 5.92 Å². The number of rotatable bonds is 2. The van der Waals surface area contributed by atoms with Gasteiger partial charge in [0.25, 0.3) is 5.91 Å². The first-order chi connectivity index (χ1) is 10.6. The zero-order valence-corrected chi connectivity index (χ0v) is 14.1. The highest BCUT2D eigenvalue weighted by atomic mass is 35.5. The van der Waals surface area contributed by atoms with Gasteiger partial charge in [-0.15, -0.1) is 0 Å². The second kappa shape index (κ2) is 7.01. The monoisotopic (exact) mass is 321 g/mol. The van der Waals surface area contributed by atoms with Gasteiger partial charge in [0.15, 0.2) is 0 Å². The van der Waals surface area contributed by atoms with Crippen LogP contribution in [-0.4, -0.2) is 43.0 Å². The lowest BCUT2D eigenvalue weighted by atomic mass is 9.95. The Morgan fingerprint density at radius 1 is 1.27 bits per heavy atom. The van der Waals surface area contributed by atoms with Gasteiger partial charge in [-0.1, -0.05) is 24.6 Å². The van der Waals surface area contributed by atoms with Crippen molar-refractivity contribution >= 4 is 17.5 Å². The molecule has 3 nitrogen and oxygen atoms in total. The van der Waals surface area contributed by atoms with Gasteiger partial charge in [0.05, 0.1) is 19.1 Å². The van der Waals surface area contributed by atoms with Crippen LogP contribution >= 0.6 is 11.6 Å². The van der Waals surface area contributed by atoms with Crippen molar-refractivity contribution < 1.29 is 9.69 Å². The lowest BCUT2D eigenvalue weighted by Crippen LogP contribution is -3.17. The quantitative estimate of drug-likeness (QED) is 0.888. The molecule has 1 unspecified atom stereocenters. The average Bonchev–Trinajstić information content (AvgIpc) is 2.54. The first-order valence-corrected chi connectivity index (χ1v) is 8.90. The Labute approximate surface area is 138 Å². The number of nitrogens with one attached hydrogen (secondary N) is 1. The van der Waals surface area contributed by atoms with Gasteiger partial charge in [-0.3, -0.25) is 4.79 Å². The Balaban J connectivity index is 1.56. The minimum atomic E-state index is 0.128. The Bertz CT molecular complexity index is 526. The molecule has 1 aromatic carbocycles. The highest BCUT2D eigenvalue weighted by Gasteiger charge is 2.32. The molecule has 3 rings (SSSR count). The van der Waals surface area contributed by atoms with E-state index in [4.69, 9.17) is 11.6 Å².